The number of urea groups is 1. The normalized spacial score (nSPS) is 10.0. The zero-order valence-corrected chi connectivity index (χ0v) is 13.8. The molecular formula is C17H19ClN2O3. The Morgan fingerprint density at radius 3 is 2.22 bits per heavy atom. The number of carbonyl (C=O) groups excluding carboxylic acids is 1. The van der Waals surface area contributed by atoms with Crippen LogP contribution in [0.2, 0.25) is 5.02 Å². The summed E-state index contributed by atoms with van der Waals surface area (Å²) in [6.45, 7) is 0.806. The summed E-state index contributed by atoms with van der Waals surface area (Å²) in [6, 6.07) is 12.6. The van der Waals surface area contributed by atoms with E-state index >= 15 is 0 Å². The van der Waals surface area contributed by atoms with Gasteiger partial charge in [0.05, 0.1) is 14.2 Å². The van der Waals surface area contributed by atoms with Crippen molar-refractivity contribution in [2.75, 3.05) is 14.2 Å². The van der Waals surface area contributed by atoms with Crippen LogP contribution in [-0.2, 0) is 13.1 Å². The first-order chi connectivity index (χ1) is 11.1. The summed E-state index contributed by atoms with van der Waals surface area (Å²) in [5.41, 5.74) is 1.86. The first kappa shape index (κ1) is 17.0. The molecule has 0 aliphatic heterocycles. The van der Waals surface area contributed by atoms with Crippen LogP contribution >= 0.6 is 11.6 Å². The molecule has 0 heterocycles. The summed E-state index contributed by atoms with van der Waals surface area (Å²) < 4.78 is 10.4. The summed E-state index contributed by atoms with van der Waals surface area (Å²) in [7, 11) is 3.16. The summed E-state index contributed by atoms with van der Waals surface area (Å²) in [6.07, 6.45) is 0. The van der Waals surface area contributed by atoms with E-state index in [2.05, 4.69) is 10.6 Å². The number of nitrogens with one attached hydrogen (secondary N) is 2. The molecule has 2 N–H and O–H groups in total. The zero-order chi connectivity index (χ0) is 16.7. The summed E-state index contributed by atoms with van der Waals surface area (Å²) in [5, 5.41) is 6.22. The van der Waals surface area contributed by atoms with Gasteiger partial charge in [0.2, 0.25) is 0 Å². The van der Waals surface area contributed by atoms with Crippen molar-refractivity contribution < 1.29 is 14.3 Å². The Bertz CT molecular complexity index is 677. The first-order valence-electron chi connectivity index (χ1n) is 7.09. The van der Waals surface area contributed by atoms with Crippen LogP contribution in [-0.4, -0.2) is 20.3 Å². The SMILES string of the molecule is COc1ccc(CNC(=O)NCc2cccc(Cl)c2)cc1OC. The number of hydrogen-bond acceptors (Lipinski definition) is 3. The highest BCUT2D eigenvalue weighted by Crippen LogP contribution is 2.27. The second-order valence-electron chi connectivity index (χ2n) is 4.86. The monoisotopic (exact) mass is 334 g/mol. The van der Waals surface area contributed by atoms with E-state index < -0.39 is 0 Å². The van der Waals surface area contributed by atoms with Gasteiger partial charge in [0, 0.05) is 18.1 Å². The number of carbonyl (C=O) groups is 1. The lowest BCUT2D eigenvalue weighted by molar-refractivity contribution is 0.240. The fraction of sp³-hybridized carbons (Fsp3) is 0.235. The molecular weight excluding hydrogens is 316 g/mol. The van der Waals surface area contributed by atoms with Crippen LogP contribution < -0.4 is 20.1 Å². The van der Waals surface area contributed by atoms with Crippen LogP contribution in [0.3, 0.4) is 0 Å². The van der Waals surface area contributed by atoms with E-state index in [1.165, 1.54) is 0 Å². The summed E-state index contributed by atoms with van der Waals surface area (Å²) >= 11 is 5.90. The van der Waals surface area contributed by atoms with Gasteiger partial charge < -0.3 is 20.1 Å². The maximum atomic E-state index is 11.8. The average Bonchev–Trinajstić information content (AvgIpc) is 2.57. The van der Waals surface area contributed by atoms with E-state index in [1.54, 1.807) is 26.4 Å². The third-order valence-corrected chi connectivity index (χ3v) is 3.48. The van der Waals surface area contributed by atoms with Crippen molar-refractivity contribution in [1.29, 1.82) is 0 Å². The van der Waals surface area contributed by atoms with Gasteiger partial charge in [-0.2, -0.15) is 0 Å². The van der Waals surface area contributed by atoms with E-state index in [9.17, 15) is 4.79 Å². The Balaban J connectivity index is 1.84. The number of methoxy groups -OCH3 is 2. The zero-order valence-electron chi connectivity index (χ0n) is 13.1. The topological polar surface area (TPSA) is 59.6 Å². The second-order valence-corrected chi connectivity index (χ2v) is 5.29. The van der Waals surface area contributed by atoms with Crippen molar-refractivity contribution in [3.63, 3.8) is 0 Å². The standard InChI is InChI=1S/C17H19ClN2O3/c1-22-15-7-6-13(9-16(15)23-2)11-20-17(21)19-10-12-4-3-5-14(18)8-12/h3-9H,10-11H2,1-2H3,(H2,19,20,21). The summed E-state index contributed by atoms with van der Waals surface area (Å²) in [4.78, 5) is 11.8. The molecule has 0 spiro atoms. The minimum absolute atomic E-state index is 0.250. The smallest absolute Gasteiger partial charge is 0.315 e. The molecule has 0 bridgehead atoms. The predicted molar refractivity (Wildman–Crippen MR) is 90.1 cm³/mol. The number of amides is 2. The third-order valence-electron chi connectivity index (χ3n) is 3.24. The largest absolute Gasteiger partial charge is 0.493 e. The Labute approximate surface area is 140 Å². The molecule has 0 unspecified atom stereocenters. The molecule has 0 fully saturated rings. The minimum Gasteiger partial charge on any atom is -0.493 e. The molecule has 6 heteroatoms. The van der Waals surface area contributed by atoms with E-state index in [-0.39, 0.29) is 6.03 Å². The number of benzene rings is 2. The van der Waals surface area contributed by atoms with Crippen LogP contribution in [0.5, 0.6) is 11.5 Å². The van der Waals surface area contributed by atoms with Gasteiger partial charge in [-0.15, -0.1) is 0 Å². The molecule has 2 rings (SSSR count). The van der Waals surface area contributed by atoms with Gasteiger partial charge in [-0.1, -0.05) is 29.8 Å². The molecule has 0 aromatic heterocycles. The molecule has 0 aliphatic rings. The van der Waals surface area contributed by atoms with Gasteiger partial charge in [0.15, 0.2) is 11.5 Å². The van der Waals surface area contributed by atoms with Crippen LogP contribution in [0, 0.1) is 0 Å². The van der Waals surface area contributed by atoms with Crippen molar-refractivity contribution >= 4 is 17.6 Å². The Kier molecular flexibility index (Phi) is 6.11. The molecule has 0 aliphatic carbocycles. The highest BCUT2D eigenvalue weighted by molar-refractivity contribution is 6.30. The van der Waals surface area contributed by atoms with Gasteiger partial charge in [-0.05, 0) is 35.4 Å². The first-order valence-corrected chi connectivity index (χ1v) is 7.47. The molecule has 0 atom stereocenters. The molecule has 0 saturated carbocycles. The predicted octanol–water partition coefficient (Wildman–Crippen LogP) is 3.36. The number of rotatable bonds is 6. The lowest BCUT2D eigenvalue weighted by Gasteiger charge is -2.11. The molecule has 23 heavy (non-hydrogen) atoms. The average molecular weight is 335 g/mol. The van der Waals surface area contributed by atoms with Crippen molar-refractivity contribution in [1.82, 2.24) is 10.6 Å². The highest BCUT2D eigenvalue weighted by atomic mass is 35.5. The lowest BCUT2D eigenvalue weighted by atomic mass is 10.2. The maximum Gasteiger partial charge on any atom is 0.315 e. The van der Waals surface area contributed by atoms with Crippen molar-refractivity contribution in [2.24, 2.45) is 0 Å². The van der Waals surface area contributed by atoms with Gasteiger partial charge >= 0.3 is 6.03 Å². The summed E-state index contributed by atoms with van der Waals surface area (Å²) in [5.74, 6) is 1.28. The number of halogens is 1. The molecule has 0 saturated heterocycles. The number of ether oxygens (including phenoxy) is 2. The van der Waals surface area contributed by atoms with E-state index in [0.29, 0.717) is 29.6 Å². The van der Waals surface area contributed by atoms with Crippen molar-refractivity contribution in [3.05, 3.63) is 58.6 Å². The Morgan fingerprint density at radius 1 is 0.957 bits per heavy atom. The van der Waals surface area contributed by atoms with Crippen LogP contribution in [0.15, 0.2) is 42.5 Å². The van der Waals surface area contributed by atoms with Crippen LogP contribution in [0.4, 0.5) is 4.79 Å². The van der Waals surface area contributed by atoms with Gasteiger partial charge in [0.25, 0.3) is 0 Å². The Morgan fingerprint density at radius 2 is 1.61 bits per heavy atom. The molecule has 2 amide bonds. The van der Waals surface area contributed by atoms with Crippen LogP contribution in [0.1, 0.15) is 11.1 Å². The van der Waals surface area contributed by atoms with E-state index in [4.69, 9.17) is 21.1 Å². The quantitative estimate of drug-likeness (QED) is 0.851. The highest BCUT2D eigenvalue weighted by Gasteiger charge is 2.06. The van der Waals surface area contributed by atoms with E-state index in [0.717, 1.165) is 11.1 Å². The lowest BCUT2D eigenvalue weighted by Crippen LogP contribution is -2.34. The number of hydrogen-bond donors (Lipinski definition) is 2. The fourth-order valence-electron chi connectivity index (χ4n) is 2.06. The van der Waals surface area contributed by atoms with Gasteiger partial charge in [-0.25, -0.2) is 4.79 Å². The maximum absolute atomic E-state index is 11.8. The van der Waals surface area contributed by atoms with Crippen LogP contribution in [0.25, 0.3) is 0 Å². The Hall–Kier alpha value is -2.40. The molecule has 2 aromatic carbocycles. The molecule has 122 valence electrons. The molecule has 0 radical (unpaired) electrons. The second kappa shape index (κ2) is 8.29. The fourth-order valence-corrected chi connectivity index (χ4v) is 2.28. The van der Waals surface area contributed by atoms with Gasteiger partial charge in [-0.3, -0.25) is 0 Å². The van der Waals surface area contributed by atoms with Gasteiger partial charge in [0.1, 0.15) is 0 Å². The van der Waals surface area contributed by atoms with Crippen molar-refractivity contribution in [2.45, 2.75) is 13.1 Å². The van der Waals surface area contributed by atoms with E-state index in [1.807, 2.05) is 30.3 Å². The molecule has 2 aromatic rings. The minimum atomic E-state index is -0.250. The van der Waals surface area contributed by atoms with Crippen molar-refractivity contribution in [3.8, 4) is 11.5 Å². The third kappa shape index (κ3) is 5.07. The molecule has 5 nitrogen and oxygen atoms in total.